The number of aliphatic hydroxyl groups is 1. The minimum Gasteiger partial charge on any atom is -0.392 e. The maximum Gasteiger partial charge on any atom is 0.228 e. The lowest BCUT2D eigenvalue weighted by atomic mass is 9.98. The van der Waals surface area contributed by atoms with E-state index in [0.717, 1.165) is 24.0 Å². The Bertz CT molecular complexity index is 976. The fourth-order valence-corrected chi connectivity index (χ4v) is 2.98. The van der Waals surface area contributed by atoms with Gasteiger partial charge in [-0.15, -0.1) is 0 Å². The number of carbonyl (C=O) groups is 1. The Labute approximate surface area is 144 Å². The van der Waals surface area contributed by atoms with Gasteiger partial charge in [-0.3, -0.25) is 4.79 Å². The van der Waals surface area contributed by atoms with E-state index in [4.69, 9.17) is 0 Å². The fraction of sp³-hybridized carbons (Fsp3) is 0.263. The van der Waals surface area contributed by atoms with Crippen molar-refractivity contribution in [2.75, 3.05) is 5.32 Å². The molecule has 0 aliphatic heterocycles. The summed E-state index contributed by atoms with van der Waals surface area (Å²) in [5.74, 6) is 0.210. The quantitative estimate of drug-likeness (QED) is 0.766. The van der Waals surface area contributed by atoms with Gasteiger partial charge in [-0.25, -0.2) is 9.37 Å². The first-order valence-corrected chi connectivity index (χ1v) is 8.25. The van der Waals surface area contributed by atoms with Crippen molar-refractivity contribution in [1.29, 1.82) is 0 Å². The predicted molar refractivity (Wildman–Crippen MR) is 92.6 cm³/mol. The Balaban J connectivity index is 1.73. The van der Waals surface area contributed by atoms with Gasteiger partial charge in [0, 0.05) is 17.7 Å². The molecular weight excluding hydrogens is 321 g/mol. The van der Waals surface area contributed by atoms with E-state index in [1.165, 1.54) is 6.07 Å². The monoisotopic (exact) mass is 339 g/mol. The van der Waals surface area contributed by atoms with Gasteiger partial charge in [0.05, 0.1) is 12.8 Å². The Kier molecular flexibility index (Phi) is 3.77. The van der Waals surface area contributed by atoms with Gasteiger partial charge in [0.25, 0.3) is 0 Å². The summed E-state index contributed by atoms with van der Waals surface area (Å²) in [5, 5.41) is 12.3. The summed E-state index contributed by atoms with van der Waals surface area (Å²) in [5.41, 5.74) is 3.17. The van der Waals surface area contributed by atoms with Gasteiger partial charge in [-0.2, -0.15) is 0 Å². The van der Waals surface area contributed by atoms with Crippen LogP contribution in [0.3, 0.4) is 0 Å². The fourth-order valence-electron chi connectivity index (χ4n) is 2.98. The van der Waals surface area contributed by atoms with E-state index >= 15 is 0 Å². The largest absolute Gasteiger partial charge is 0.392 e. The van der Waals surface area contributed by atoms with Crippen LogP contribution in [0.4, 0.5) is 10.2 Å². The van der Waals surface area contributed by atoms with Crippen molar-refractivity contribution in [1.82, 2.24) is 9.38 Å². The predicted octanol–water partition coefficient (Wildman–Crippen LogP) is 3.29. The highest BCUT2D eigenvalue weighted by molar-refractivity contribution is 5.93. The molecule has 1 aliphatic carbocycles. The molecule has 1 fully saturated rings. The number of aryl methyl sites for hydroxylation is 1. The number of halogens is 1. The number of rotatable bonds is 4. The van der Waals surface area contributed by atoms with Crippen LogP contribution in [0.5, 0.6) is 0 Å². The Hall–Kier alpha value is -2.73. The molecule has 2 N–H and O–H groups in total. The second-order valence-corrected chi connectivity index (χ2v) is 6.50. The SMILES string of the molecule is Cc1cc(F)c(CO)c(-c2ccc3nc(NC(=O)C4CC4)cn3c2)c1. The number of nitrogens with one attached hydrogen (secondary N) is 1. The van der Waals surface area contributed by atoms with Crippen LogP contribution >= 0.6 is 0 Å². The number of amides is 1. The van der Waals surface area contributed by atoms with Crippen LogP contribution in [0.25, 0.3) is 16.8 Å². The summed E-state index contributed by atoms with van der Waals surface area (Å²) in [6, 6.07) is 6.91. The lowest BCUT2D eigenvalue weighted by molar-refractivity contribution is -0.117. The van der Waals surface area contributed by atoms with Crippen molar-refractivity contribution in [3.8, 4) is 11.1 Å². The molecule has 0 radical (unpaired) electrons. The average Bonchev–Trinajstić information content (AvgIpc) is 3.34. The van der Waals surface area contributed by atoms with Gasteiger partial charge < -0.3 is 14.8 Å². The maximum atomic E-state index is 14.1. The first kappa shape index (κ1) is 15.8. The normalized spacial score (nSPS) is 14.0. The lowest BCUT2D eigenvalue weighted by Crippen LogP contribution is -2.13. The van der Waals surface area contributed by atoms with Crippen molar-refractivity contribution in [3.63, 3.8) is 0 Å². The van der Waals surface area contributed by atoms with Crippen LogP contribution in [0.15, 0.2) is 36.7 Å². The van der Waals surface area contributed by atoms with Crippen molar-refractivity contribution in [3.05, 3.63) is 53.6 Å². The van der Waals surface area contributed by atoms with Crippen LogP contribution in [-0.2, 0) is 11.4 Å². The molecule has 5 nitrogen and oxygen atoms in total. The Morgan fingerprint density at radius 3 is 2.88 bits per heavy atom. The van der Waals surface area contributed by atoms with Crippen LogP contribution < -0.4 is 5.32 Å². The minimum atomic E-state index is -0.416. The van der Waals surface area contributed by atoms with E-state index in [1.807, 2.05) is 31.3 Å². The average molecular weight is 339 g/mol. The number of benzene rings is 1. The number of aliphatic hydroxyl groups excluding tert-OH is 1. The summed E-state index contributed by atoms with van der Waals surface area (Å²) in [6.07, 6.45) is 5.44. The van der Waals surface area contributed by atoms with E-state index in [9.17, 15) is 14.3 Å². The molecule has 2 aromatic heterocycles. The lowest BCUT2D eigenvalue weighted by Gasteiger charge is -2.10. The second-order valence-electron chi connectivity index (χ2n) is 6.50. The van der Waals surface area contributed by atoms with E-state index in [0.29, 0.717) is 17.0 Å². The second kappa shape index (κ2) is 5.97. The van der Waals surface area contributed by atoms with Gasteiger partial charge in [0.2, 0.25) is 5.91 Å². The molecule has 25 heavy (non-hydrogen) atoms. The van der Waals surface area contributed by atoms with Crippen molar-refractivity contribution in [2.24, 2.45) is 5.92 Å². The van der Waals surface area contributed by atoms with Crippen LogP contribution in [0.2, 0.25) is 0 Å². The zero-order valence-electron chi connectivity index (χ0n) is 13.8. The molecule has 0 atom stereocenters. The van der Waals surface area contributed by atoms with E-state index in [1.54, 1.807) is 10.6 Å². The molecular formula is C19H18FN3O2. The number of carbonyl (C=O) groups excluding carboxylic acids is 1. The first-order valence-electron chi connectivity index (χ1n) is 8.25. The van der Waals surface area contributed by atoms with Crippen molar-refractivity contribution >= 4 is 17.4 Å². The smallest absolute Gasteiger partial charge is 0.228 e. The van der Waals surface area contributed by atoms with Crippen molar-refractivity contribution < 1.29 is 14.3 Å². The summed E-state index contributed by atoms with van der Waals surface area (Å²) in [6.45, 7) is 1.45. The maximum absolute atomic E-state index is 14.1. The van der Waals surface area contributed by atoms with Gasteiger partial charge >= 0.3 is 0 Å². The number of imidazole rings is 1. The Morgan fingerprint density at radius 1 is 1.36 bits per heavy atom. The van der Waals surface area contributed by atoms with Crippen molar-refractivity contribution in [2.45, 2.75) is 26.4 Å². The third kappa shape index (κ3) is 3.00. The van der Waals surface area contributed by atoms with Gasteiger partial charge in [0.1, 0.15) is 11.5 Å². The summed E-state index contributed by atoms with van der Waals surface area (Å²) in [7, 11) is 0. The summed E-state index contributed by atoms with van der Waals surface area (Å²) < 4.78 is 15.9. The molecule has 2 heterocycles. The molecule has 1 aromatic carbocycles. The third-order valence-corrected chi connectivity index (χ3v) is 4.46. The number of nitrogens with zero attached hydrogens (tertiary/aromatic N) is 2. The zero-order valence-corrected chi connectivity index (χ0v) is 13.8. The van der Waals surface area contributed by atoms with E-state index in [2.05, 4.69) is 10.3 Å². The van der Waals surface area contributed by atoms with E-state index < -0.39 is 5.82 Å². The molecule has 6 heteroatoms. The number of pyridine rings is 1. The van der Waals surface area contributed by atoms with Crippen LogP contribution in [0.1, 0.15) is 24.0 Å². The molecule has 1 saturated carbocycles. The Morgan fingerprint density at radius 2 is 2.16 bits per heavy atom. The minimum absolute atomic E-state index is 0.00644. The molecule has 1 aliphatic rings. The van der Waals surface area contributed by atoms with Gasteiger partial charge in [-0.05, 0) is 54.7 Å². The summed E-state index contributed by atoms with van der Waals surface area (Å²) >= 11 is 0. The van der Waals surface area contributed by atoms with Crippen LogP contribution in [-0.4, -0.2) is 20.4 Å². The number of fused-ring (bicyclic) bond motifs is 1. The standard InChI is InChI=1S/C19H18FN3O2/c1-11-6-14(15(10-24)16(20)7-11)13-4-5-18-21-17(9-23(18)8-13)22-19(25)12-2-3-12/h4-9,12,24H,2-3,10H2,1H3,(H,22,25). The number of hydrogen-bond donors (Lipinski definition) is 2. The molecule has 128 valence electrons. The highest BCUT2D eigenvalue weighted by Gasteiger charge is 2.30. The first-order chi connectivity index (χ1) is 12.0. The highest BCUT2D eigenvalue weighted by Crippen LogP contribution is 2.31. The van der Waals surface area contributed by atoms with Gasteiger partial charge in [-0.1, -0.05) is 6.07 Å². The number of anilines is 1. The zero-order chi connectivity index (χ0) is 17.6. The summed E-state index contributed by atoms with van der Waals surface area (Å²) in [4.78, 5) is 16.3. The van der Waals surface area contributed by atoms with E-state index in [-0.39, 0.29) is 24.0 Å². The highest BCUT2D eigenvalue weighted by atomic mass is 19.1. The molecule has 1 amide bonds. The molecule has 0 saturated heterocycles. The molecule has 0 bridgehead atoms. The topological polar surface area (TPSA) is 66.6 Å². The number of aromatic nitrogens is 2. The molecule has 0 unspecified atom stereocenters. The third-order valence-electron chi connectivity index (χ3n) is 4.46. The molecule has 3 aromatic rings. The van der Waals surface area contributed by atoms with Crippen LogP contribution in [0, 0.1) is 18.7 Å². The van der Waals surface area contributed by atoms with Gasteiger partial charge in [0.15, 0.2) is 5.82 Å². The number of hydrogen-bond acceptors (Lipinski definition) is 3. The molecule has 0 spiro atoms. The molecule has 4 rings (SSSR count).